The first kappa shape index (κ1) is 14.5. The van der Waals surface area contributed by atoms with Crippen LogP contribution in [-0.2, 0) is 13.1 Å². The highest BCUT2D eigenvalue weighted by molar-refractivity contribution is 5.93. The summed E-state index contributed by atoms with van der Waals surface area (Å²) in [6.07, 6.45) is 2.42. The number of fused-ring (bicyclic) bond motifs is 2. The van der Waals surface area contributed by atoms with Crippen LogP contribution in [0.1, 0.15) is 40.7 Å². The second-order valence-electron chi connectivity index (χ2n) is 6.76. The maximum Gasteiger partial charge on any atom is 0.290 e. The van der Waals surface area contributed by atoms with E-state index in [0.29, 0.717) is 36.5 Å². The van der Waals surface area contributed by atoms with E-state index >= 15 is 0 Å². The SMILES string of the molecule is O=C(c1cc(=O)c2ccccc2o1)N1CCn2nc(C3CC3)cc2C1. The van der Waals surface area contributed by atoms with E-state index < -0.39 is 0 Å². The third-order valence-electron chi connectivity index (χ3n) is 4.95. The van der Waals surface area contributed by atoms with Crippen molar-refractivity contribution in [3.05, 3.63) is 63.8 Å². The molecule has 3 heterocycles. The lowest BCUT2D eigenvalue weighted by atomic mass is 10.2. The second-order valence-corrected chi connectivity index (χ2v) is 6.76. The molecule has 0 unspecified atom stereocenters. The maximum absolute atomic E-state index is 12.8. The fourth-order valence-electron chi connectivity index (χ4n) is 3.41. The summed E-state index contributed by atoms with van der Waals surface area (Å²) in [7, 11) is 0. The minimum Gasteiger partial charge on any atom is -0.451 e. The van der Waals surface area contributed by atoms with Crippen LogP contribution in [0, 0.1) is 0 Å². The van der Waals surface area contributed by atoms with Gasteiger partial charge in [-0.1, -0.05) is 12.1 Å². The fourth-order valence-corrected chi connectivity index (χ4v) is 3.41. The van der Waals surface area contributed by atoms with Gasteiger partial charge in [0, 0.05) is 18.5 Å². The van der Waals surface area contributed by atoms with Crippen LogP contribution in [0.15, 0.2) is 45.6 Å². The van der Waals surface area contributed by atoms with E-state index in [9.17, 15) is 9.59 Å². The van der Waals surface area contributed by atoms with Gasteiger partial charge in [-0.15, -0.1) is 0 Å². The molecule has 1 aromatic carbocycles. The molecule has 1 fully saturated rings. The highest BCUT2D eigenvalue weighted by Gasteiger charge is 2.30. The lowest BCUT2D eigenvalue weighted by Gasteiger charge is -2.27. The Morgan fingerprint density at radius 2 is 2.00 bits per heavy atom. The van der Waals surface area contributed by atoms with Crippen molar-refractivity contribution in [3.63, 3.8) is 0 Å². The van der Waals surface area contributed by atoms with Gasteiger partial charge in [-0.2, -0.15) is 5.10 Å². The molecule has 6 heteroatoms. The molecular weight excluding hydrogens is 318 g/mol. The summed E-state index contributed by atoms with van der Waals surface area (Å²) in [5, 5.41) is 5.13. The molecule has 0 bridgehead atoms. The van der Waals surface area contributed by atoms with Crippen molar-refractivity contribution in [1.82, 2.24) is 14.7 Å². The van der Waals surface area contributed by atoms with Crippen LogP contribution in [0.25, 0.3) is 11.0 Å². The zero-order chi connectivity index (χ0) is 17.0. The highest BCUT2D eigenvalue weighted by Crippen LogP contribution is 2.39. The molecule has 126 valence electrons. The Kier molecular flexibility index (Phi) is 3.07. The predicted octanol–water partition coefficient (Wildman–Crippen LogP) is 2.52. The Hall–Kier alpha value is -2.89. The highest BCUT2D eigenvalue weighted by atomic mass is 16.3. The smallest absolute Gasteiger partial charge is 0.290 e. The van der Waals surface area contributed by atoms with Crippen LogP contribution in [0.2, 0.25) is 0 Å². The minimum atomic E-state index is -0.247. The number of hydrogen-bond donors (Lipinski definition) is 0. The molecule has 5 rings (SSSR count). The first-order chi connectivity index (χ1) is 12.2. The monoisotopic (exact) mass is 335 g/mol. The molecule has 0 radical (unpaired) electrons. The Balaban J connectivity index is 1.45. The number of carbonyl (C=O) groups is 1. The van der Waals surface area contributed by atoms with E-state index in [4.69, 9.17) is 4.42 Å². The Morgan fingerprint density at radius 1 is 1.16 bits per heavy atom. The number of nitrogens with zero attached hydrogens (tertiary/aromatic N) is 3. The van der Waals surface area contributed by atoms with Gasteiger partial charge in [-0.3, -0.25) is 14.3 Å². The van der Waals surface area contributed by atoms with Gasteiger partial charge in [0.15, 0.2) is 11.2 Å². The summed E-state index contributed by atoms with van der Waals surface area (Å²) < 4.78 is 7.68. The molecule has 0 spiro atoms. The van der Waals surface area contributed by atoms with E-state index in [-0.39, 0.29) is 17.1 Å². The molecule has 6 nitrogen and oxygen atoms in total. The van der Waals surface area contributed by atoms with Crippen LogP contribution < -0.4 is 5.43 Å². The topological polar surface area (TPSA) is 68.3 Å². The normalized spacial score (nSPS) is 16.9. The van der Waals surface area contributed by atoms with Crippen molar-refractivity contribution in [2.75, 3.05) is 6.54 Å². The van der Waals surface area contributed by atoms with Crippen molar-refractivity contribution in [2.45, 2.75) is 31.8 Å². The van der Waals surface area contributed by atoms with Gasteiger partial charge in [0.05, 0.1) is 29.9 Å². The molecule has 2 aliphatic rings. The second kappa shape index (κ2) is 5.31. The predicted molar refractivity (Wildman–Crippen MR) is 91.4 cm³/mol. The third-order valence-corrected chi connectivity index (χ3v) is 4.95. The van der Waals surface area contributed by atoms with E-state index in [1.54, 1.807) is 29.2 Å². The summed E-state index contributed by atoms with van der Waals surface area (Å²) >= 11 is 0. The molecule has 3 aromatic rings. The van der Waals surface area contributed by atoms with Gasteiger partial charge in [0.25, 0.3) is 5.91 Å². The lowest BCUT2D eigenvalue weighted by Crippen LogP contribution is -2.38. The van der Waals surface area contributed by atoms with Crippen molar-refractivity contribution in [2.24, 2.45) is 0 Å². The number of benzene rings is 1. The molecule has 2 aromatic heterocycles. The fraction of sp³-hybridized carbons (Fsp3) is 0.316. The number of amides is 1. The van der Waals surface area contributed by atoms with Crippen LogP contribution in [0.4, 0.5) is 0 Å². The van der Waals surface area contributed by atoms with E-state index in [1.807, 2.05) is 4.68 Å². The summed E-state index contributed by atoms with van der Waals surface area (Å²) in [5.41, 5.74) is 2.44. The molecule has 1 aliphatic carbocycles. The van der Waals surface area contributed by atoms with Gasteiger partial charge in [0.2, 0.25) is 0 Å². The largest absolute Gasteiger partial charge is 0.451 e. The summed E-state index contributed by atoms with van der Waals surface area (Å²) in [6.45, 7) is 1.73. The number of hydrogen-bond acceptors (Lipinski definition) is 4. The number of carbonyl (C=O) groups excluding carboxylic acids is 1. The third kappa shape index (κ3) is 2.45. The molecule has 1 amide bonds. The molecule has 0 saturated heterocycles. The van der Waals surface area contributed by atoms with Crippen molar-refractivity contribution in [3.8, 4) is 0 Å². The maximum atomic E-state index is 12.8. The van der Waals surface area contributed by atoms with E-state index in [2.05, 4.69) is 11.2 Å². The Bertz CT molecular complexity index is 1050. The minimum absolute atomic E-state index is 0.0964. The molecule has 1 aliphatic heterocycles. The summed E-state index contributed by atoms with van der Waals surface area (Å²) in [5.74, 6) is 0.447. The Labute approximate surface area is 143 Å². The molecule has 25 heavy (non-hydrogen) atoms. The molecule has 0 atom stereocenters. The number of rotatable bonds is 2. The average Bonchev–Trinajstić information content (AvgIpc) is 3.40. The van der Waals surface area contributed by atoms with Gasteiger partial charge in [0.1, 0.15) is 5.58 Å². The molecular formula is C19H17N3O3. The average molecular weight is 335 g/mol. The van der Waals surface area contributed by atoms with Gasteiger partial charge in [-0.25, -0.2) is 0 Å². The number of para-hydroxylation sites is 1. The summed E-state index contributed by atoms with van der Waals surface area (Å²) in [4.78, 5) is 26.8. The van der Waals surface area contributed by atoms with Gasteiger partial charge >= 0.3 is 0 Å². The van der Waals surface area contributed by atoms with Gasteiger partial charge < -0.3 is 9.32 Å². The molecule has 1 saturated carbocycles. The van der Waals surface area contributed by atoms with Crippen LogP contribution in [0.3, 0.4) is 0 Å². The van der Waals surface area contributed by atoms with Crippen molar-refractivity contribution in [1.29, 1.82) is 0 Å². The quantitative estimate of drug-likeness (QED) is 0.722. The zero-order valence-electron chi connectivity index (χ0n) is 13.6. The van der Waals surface area contributed by atoms with E-state index in [1.165, 1.54) is 18.9 Å². The van der Waals surface area contributed by atoms with Crippen molar-refractivity contribution < 1.29 is 9.21 Å². The van der Waals surface area contributed by atoms with E-state index in [0.717, 1.165) is 11.4 Å². The first-order valence-electron chi connectivity index (χ1n) is 8.58. The zero-order valence-corrected chi connectivity index (χ0v) is 13.6. The molecule has 0 N–H and O–H groups in total. The van der Waals surface area contributed by atoms with Gasteiger partial charge in [-0.05, 0) is 31.0 Å². The van der Waals surface area contributed by atoms with Crippen LogP contribution in [-0.4, -0.2) is 27.1 Å². The van der Waals surface area contributed by atoms with Crippen LogP contribution >= 0.6 is 0 Å². The lowest BCUT2D eigenvalue weighted by molar-refractivity contribution is 0.0674. The van der Waals surface area contributed by atoms with Crippen molar-refractivity contribution >= 4 is 16.9 Å². The first-order valence-corrected chi connectivity index (χ1v) is 8.58. The Morgan fingerprint density at radius 3 is 2.84 bits per heavy atom. The summed E-state index contributed by atoms with van der Waals surface area (Å²) in [6, 6.07) is 10.4. The van der Waals surface area contributed by atoms with Crippen LogP contribution in [0.5, 0.6) is 0 Å². The number of aromatic nitrogens is 2. The standard InChI is InChI=1S/C19H17N3O3/c23-16-10-18(25-17-4-2-1-3-14(16)17)19(24)21-7-8-22-13(11-21)9-15(20-22)12-5-6-12/h1-4,9-10,12H,5-8,11H2.